The molecule has 2 aromatic heterocycles. The molecule has 140 valence electrons. The number of anilines is 1. The second kappa shape index (κ2) is 7.77. The van der Waals surface area contributed by atoms with Gasteiger partial charge in [-0.2, -0.15) is 9.78 Å². The average molecular weight is 371 g/mol. The number of nitrogens with zero attached hydrogens (tertiary/aromatic N) is 5. The van der Waals surface area contributed by atoms with Crippen molar-refractivity contribution in [1.82, 2.24) is 30.0 Å². The van der Waals surface area contributed by atoms with Crippen molar-refractivity contribution in [3.05, 3.63) is 54.1 Å². The summed E-state index contributed by atoms with van der Waals surface area (Å²) in [5.74, 6) is 0.344. The van der Waals surface area contributed by atoms with E-state index in [2.05, 4.69) is 30.7 Å². The molecule has 0 aliphatic rings. The van der Waals surface area contributed by atoms with Crippen molar-refractivity contribution in [2.45, 2.75) is 19.9 Å². The van der Waals surface area contributed by atoms with E-state index in [1.165, 1.54) is 30.3 Å². The zero-order valence-corrected chi connectivity index (χ0v) is 15.0. The molecule has 10 heteroatoms. The average Bonchev–Trinajstić information content (AvgIpc) is 3.15. The highest BCUT2D eigenvalue weighted by molar-refractivity contribution is 5.90. The van der Waals surface area contributed by atoms with Gasteiger partial charge in [-0.05, 0) is 31.5 Å². The van der Waals surface area contributed by atoms with E-state index in [9.17, 15) is 9.18 Å². The molecule has 3 rings (SSSR count). The predicted molar refractivity (Wildman–Crippen MR) is 95.2 cm³/mol. The molecular weight excluding hydrogens is 353 g/mol. The molecule has 0 saturated carbocycles. The fourth-order valence-electron chi connectivity index (χ4n) is 2.47. The van der Waals surface area contributed by atoms with E-state index < -0.39 is 17.9 Å². The van der Waals surface area contributed by atoms with Gasteiger partial charge in [-0.25, -0.2) is 24.1 Å². The number of ether oxygens (including phenoxy) is 1. The minimum absolute atomic E-state index is 0.114. The fraction of sp³-hybridized carbons (Fsp3) is 0.235. The molecule has 0 spiro atoms. The Morgan fingerprint density at radius 2 is 2.00 bits per heavy atom. The van der Waals surface area contributed by atoms with Crippen molar-refractivity contribution in [3.63, 3.8) is 0 Å². The molecule has 0 saturated heterocycles. The third-order valence-corrected chi connectivity index (χ3v) is 3.80. The van der Waals surface area contributed by atoms with Crippen LogP contribution in [0.3, 0.4) is 0 Å². The summed E-state index contributed by atoms with van der Waals surface area (Å²) in [5.41, 5.74) is 1.00. The van der Waals surface area contributed by atoms with Crippen LogP contribution in [0.4, 0.5) is 14.9 Å². The number of carbonyl (C=O) groups is 1. The number of amides is 2. The zero-order chi connectivity index (χ0) is 19.4. The van der Waals surface area contributed by atoms with Gasteiger partial charge in [0.05, 0.1) is 13.2 Å². The monoisotopic (exact) mass is 371 g/mol. The molecule has 0 bridgehead atoms. The van der Waals surface area contributed by atoms with E-state index in [1.54, 1.807) is 32.3 Å². The highest BCUT2D eigenvalue weighted by atomic mass is 19.1. The molecule has 2 heterocycles. The summed E-state index contributed by atoms with van der Waals surface area (Å²) in [5, 5.41) is 9.44. The van der Waals surface area contributed by atoms with E-state index in [-0.39, 0.29) is 5.75 Å². The normalized spacial score (nSPS) is 11.7. The Balaban J connectivity index is 1.72. The van der Waals surface area contributed by atoms with Crippen LogP contribution in [-0.4, -0.2) is 37.9 Å². The third kappa shape index (κ3) is 4.00. The molecule has 0 radical (unpaired) electrons. The summed E-state index contributed by atoms with van der Waals surface area (Å²) >= 11 is 0. The van der Waals surface area contributed by atoms with Gasteiger partial charge in [-0.15, -0.1) is 0 Å². The Morgan fingerprint density at radius 1 is 1.26 bits per heavy atom. The van der Waals surface area contributed by atoms with Crippen LogP contribution in [0.5, 0.6) is 5.75 Å². The molecule has 27 heavy (non-hydrogen) atoms. The minimum Gasteiger partial charge on any atom is -0.494 e. The molecule has 2 amide bonds. The highest BCUT2D eigenvalue weighted by Crippen LogP contribution is 2.25. The van der Waals surface area contributed by atoms with Crippen molar-refractivity contribution in [2.24, 2.45) is 0 Å². The van der Waals surface area contributed by atoms with E-state index in [0.29, 0.717) is 23.0 Å². The molecule has 2 N–H and O–H groups in total. The van der Waals surface area contributed by atoms with E-state index in [4.69, 9.17) is 4.74 Å². The van der Waals surface area contributed by atoms with Crippen molar-refractivity contribution >= 4 is 11.7 Å². The third-order valence-electron chi connectivity index (χ3n) is 3.80. The Bertz CT molecular complexity index is 946. The van der Waals surface area contributed by atoms with Crippen molar-refractivity contribution in [1.29, 1.82) is 0 Å². The van der Waals surface area contributed by atoms with Gasteiger partial charge in [0.1, 0.15) is 6.33 Å². The summed E-state index contributed by atoms with van der Waals surface area (Å²) in [6, 6.07) is 3.39. The maximum atomic E-state index is 13.9. The number of hydrogen-bond acceptors (Lipinski definition) is 6. The summed E-state index contributed by atoms with van der Waals surface area (Å²) < 4.78 is 20.2. The smallest absolute Gasteiger partial charge is 0.319 e. The Morgan fingerprint density at radius 3 is 2.70 bits per heavy atom. The number of hydrogen-bond donors (Lipinski definition) is 2. The first-order valence-electron chi connectivity index (χ1n) is 8.08. The van der Waals surface area contributed by atoms with Gasteiger partial charge >= 0.3 is 6.03 Å². The second-order valence-corrected chi connectivity index (χ2v) is 5.70. The molecule has 9 nitrogen and oxygen atoms in total. The van der Waals surface area contributed by atoms with Crippen molar-refractivity contribution in [2.75, 3.05) is 12.4 Å². The van der Waals surface area contributed by atoms with Crippen LogP contribution in [0.2, 0.25) is 0 Å². The lowest BCUT2D eigenvalue weighted by Crippen LogP contribution is -2.33. The summed E-state index contributed by atoms with van der Waals surface area (Å²) in [6.07, 6.45) is 4.52. The van der Waals surface area contributed by atoms with Crippen LogP contribution >= 0.6 is 0 Å². The molecule has 0 aliphatic carbocycles. The predicted octanol–water partition coefficient (Wildman–Crippen LogP) is 2.40. The number of rotatable bonds is 5. The Hall–Kier alpha value is -3.56. The van der Waals surface area contributed by atoms with Gasteiger partial charge in [0.15, 0.2) is 17.4 Å². The zero-order valence-electron chi connectivity index (χ0n) is 15.0. The lowest BCUT2D eigenvalue weighted by Gasteiger charge is -2.16. The van der Waals surface area contributed by atoms with Gasteiger partial charge in [0.2, 0.25) is 0 Å². The lowest BCUT2D eigenvalue weighted by atomic mass is 10.2. The lowest BCUT2D eigenvalue weighted by molar-refractivity contribution is 0.248. The molecule has 0 fully saturated rings. The summed E-state index contributed by atoms with van der Waals surface area (Å²) in [4.78, 5) is 24.7. The minimum atomic E-state index is -0.563. The first kappa shape index (κ1) is 18.2. The molecule has 1 atom stereocenters. The first-order valence-corrected chi connectivity index (χ1v) is 8.08. The van der Waals surface area contributed by atoms with Gasteiger partial charge in [0.25, 0.3) is 5.95 Å². The van der Waals surface area contributed by atoms with E-state index in [0.717, 1.165) is 0 Å². The van der Waals surface area contributed by atoms with Gasteiger partial charge < -0.3 is 15.4 Å². The van der Waals surface area contributed by atoms with Crippen LogP contribution in [0.15, 0.2) is 36.9 Å². The van der Waals surface area contributed by atoms with Crippen LogP contribution < -0.4 is 15.4 Å². The maximum Gasteiger partial charge on any atom is 0.319 e. The number of halogens is 1. The first-order chi connectivity index (χ1) is 13.0. The van der Waals surface area contributed by atoms with Crippen LogP contribution in [0, 0.1) is 12.7 Å². The number of aromatic nitrogens is 5. The van der Waals surface area contributed by atoms with Gasteiger partial charge in [0, 0.05) is 24.1 Å². The number of benzene rings is 1. The van der Waals surface area contributed by atoms with Gasteiger partial charge in [-0.3, -0.25) is 0 Å². The molecule has 1 aromatic carbocycles. The Labute approximate surface area is 154 Å². The fourth-order valence-corrected chi connectivity index (χ4v) is 2.47. The SMILES string of the molecule is COc1cc(C)c(NC(=O)N[C@@H](C)c2ncnn2-c2ncccn2)cc1F. The van der Waals surface area contributed by atoms with Gasteiger partial charge in [-0.1, -0.05) is 0 Å². The number of aryl methyl sites for hydroxylation is 1. The molecule has 3 aromatic rings. The van der Waals surface area contributed by atoms with E-state index >= 15 is 0 Å². The number of nitrogens with one attached hydrogen (secondary N) is 2. The quantitative estimate of drug-likeness (QED) is 0.713. The van der Waals surface area contributed by atoms with Crippen LogP contribution in [-0.2, 0) is 0 Å². The second-order valence-electron chi connectivity index (χ2n) is 5.70. The van der Waals surface area contributed by atoms with E-state index in [1.807, 2.05) is 0 Å². The van der Waals surface area contributed by atoms with Crippen molar-refractivity contribution < 1.29 is 13.9 Å². The van der Waals surface area contributed by atoms with Crippen LogP contribution in [0.25, 0.3) is 5.95 Å². The molecule has 0 unspecified atom stereocenters. The molecule has 0 aliphatic heterocycles. The summed E-state index contributed by atoms with van der Waals surface area (Å²) in [7, 11) is 1.38. The number of methoxy groups -OCH3 is 1. The Kier molecular flexibility index (Phi) is 5.25. The number of carbonyl (C=O) groups excluding carboxylic acids is 1. The standard InChI is InChI=1S/C17H18FN7O2/c1-10-7-14(27-3)12(18)8-13(10)24-17(26)23-11(2)15-21-9-22-25(15)16-19-5-4-6-20-16/h4-9,11H,1-3H3,(H2,23,24,26)/t11-/m0/s1. The maximum absolute atomic E-state index is 13.9. The van der Waals surface area contributed by atoms with Crippen molar-refractivity contribution in [3.8, 4) is 11.7 Å². The number of urea groups is 1. The topological polar surface area (TPSA) is 107 Å². The largest absolute Gasteiger partial charge is 0.494 e. The molecular formula is C17H18FN7O2. The highest BCUT2D eigenvalue weighted by Gasteiger charge is 2.18. The summed E-state index contributed by atoms with van der Waals surface area (Å²) in [6.45, 7) is 3.48. The van der Waals surface area contributed by atoms with Crippen LogP contribution in [0.1, 0.15) is 24.4 Å².